The van der Waals surface area contributed by atoms with Gasteiger partial charge in [-0.05, 0) is 56.9 Å². The first-order valence-corrected chi connectivity index (χ1v) is 7.55. The molecule has 0 saturated heterocycles. The predicted octanol–water partition coefficient (Wildman–Crippen LogP) is 4.45. The van der Waals surface area contributed by atoms with Crippen molar-refractivity contribution in [3.8, 4) is 5.75 Å². The van der Waals surface area contributed by atoms with E-state index in [1.54, 1.807) is 0 Å². The minimum Gasteiger partial charge on any atom is -0.491 e. The van der Waals surface area contributed by atoms with Crippen LogP contribution in [0.1, 0.15) is 43.1 Å². The number of aliphatic hydroxyl groups excluding tert-OH is 1. The highest BCUT2D eigenvalue weighted by Gasteiger charge is 2.09. The number of aryl methyl sites for hydroxylation is 2. The molecule has 0 fully saturated rings. The van der Waals surface area contributed by atoms with Gasteiger partial charge in [-0.2, -0.15) is 0 Å². The molecule has 0 aliphatic heterocycles. The normalized spacial score (nSPS) is 12.4. The fourth-order valence-corrected chi connectivity index (χ4v) is 2.40. The molecule has 1 atom stereocenters. The lowest BCUT2D eigenvalue weighted by Crippen LogP contribution is -2.06. The van der Waals surface area contributed by atoms with E-state index in [1.165, 1.54) is 11.1 Å². The molecule has 2 aromatic carbocycles. The molecule has 0 heterocycles. The third kappa shape index (κ3) is 4.91. The van der Waals surface area contributed by atoms with Crippen LogP contribution in [0, 0.1) is 6.92 Å². The standard InChI is InChI=1S/C19H24O2/c1-14(2)21-18-9-5-8-17(13-18)19(20)11-10-16-7-4-6-15(3)12-16/h4-9,12-14,19-20H,10-11H2,1-3H3. The molecule has 0 aromatic heterocycles. The third-order valence-corrected chi connectivity index (χ3v) is 3.40. The smallest absolute Gasteiger partial charge is 0.120 e. The molecule has 1 N–H and O–H groups in total. The molecule has 0 saturated carbocycles. The molecule has 0 aliphatic carbocycles. The van der Waals surface area contributed by atoms with Gasteiger partial charge in [0.15, 0.2) is 0 Å². The van der Waals surface area contributed by atoms with Crippen LogP contribution in [0.5, 0.6) is 5.75 Å². The minimum absolute atomic E-state index is 0.143. The first kappa shape index (κ1) is 15.6. The van der Waals surface area contributed by atoms with Crippen LogP contribution < -0.4 is 4.74 Å². The Morgan fingerprint density at radius 1 is 1.05 bits per heavy atom. The van der Waals surface area contributed by atoms with Crippen molar-refractivity contribution in [1.82, 2.24) is 0 Å². The van der Waals surface area contributed by atoms with E-state index in [1.807, 2.05) is 38.1 Å². The first-order chi connectivity index (χ1) is 10.0. The molecule has 112 valence electrons. The van der Waals surface area contributed by atoms with Crippen molar-refractivity contribution in [2.75, 3.05) is 0 Å². The quantitative estimate of drug-likeness (QED) is 0.849. The summed E-state index contributed by atoms with van der Waals surface area (Å²) in [5, 5.41) is 10.4. The van der Waals surface area contributed by atoms with Crippen molar-refractivity contribution in [2.24, 2.45) is 0 Å². The fraction of sp³-hybridized carbons (Fsp3) is 0.368. The van der Waals surface area contributed by atoms with Crippen LogP contribution >= 0.6 is 0 Å². The van der Waals surface area contributed by atoms with Crippen molar-refractivity contribution >= 4 is 0 Å². The molecule has 0 bridgehead atoms. The lowest BCUT2D eigenvalue weighted by molar-refractivity contribution is 0.166. The molecular formula is C19H24O2. The molecule has 21 heavy (non-hydrogen) atoms. The van der Waals surface area contributed by atoms with Crippen LogP contribution in [0.4, 0.5) is 0 Å². The summed E-state index contributed by atoms with van der Waals surface area (Å²) >= 11 is 0. The SMILES string of the molecule is Cc1cccc(CCC(O)c2cccc(OC(C)C)c2)c1. The van der Waals surface area contributed by atoms with Gasteiger partial charge in [-0.1, -0.05) is 42.0 Å². The maximum Gasteiger partial charge on any atom is 0.120 e. The summed E-state index contributed by atoms with van der Waals surface area (Å²) in [6, 6.07) is 16.2. The Balaban J connectivity index is 1.98. The molecule has 2 heteroatoms. The second kappa shape index (κ2) is 7.28. The van der Waals surface area contributed by atoms with Gasteiger partial charge in [0.05, 0.1) is 12.2 Å². The zero-order chi connectivity index (χ0) is 15.2. The number of rotatable bonds is 6. The van der Waals surface area contributed by atoms with Crippen LogP contribution in [0.15, 0.2) is 48.5 Å². The zero-order valence-electron chi connectivity index (χ0n) is 13.0. The molecule has 2 nitrogen and oxygen atoms in total. The van der Waals surface area contributed by atoms with Gasteiger partial charge < -0.3 is 9.84 Å². The Labute approximate surface area is 127 Å². The van der Waals surface area contributed by atoms with E-state index in [0.29, 0.717) is 6.42 Å². The van der Waals surface area contributed by atoms with E-state index < -0.39 is 6.10 Å². The van der Waals surface area contributed by atoms with E-state index >= 15 is 0 Å². The minimum atomic E-state index is -0.457. The van der Waals surface area contributed by atoms with Gasteiger partial charge >= 0.3 is 0 Å². The topological polar surface area (TPSA) is 29.5 Å². The molecule has 0 spiro atoms. The first-order valence-electron chi connectivity index (χ1n) is 7.55. The zero-order valence-corrected chi connectivity index (χ0v) is 13.0. The highest BCUT2D eigenvalue weighted by molar-refractivity contribution is 5.30. The maximum absolute atomic E-state index is 10.4. The molecule has 2 rings (SSSR count). The van der Waals surface area contributed by atoms with Gasteiger partial charge in [-0.3, -0.25) is 0 Å². The Hall–Kier alpha value is -1.80. The molecule has 0 radical (unpaired) electrons. The van der Waals surface area contributed by atoms with Gasteiger partial charge in [-0.25, -0.2) is 0 Å². The van der Waals surface area contributed by atoms with Gasteiger partial charge in [0.2, 0.25) is 0 Å². The highest BCUT2D eigenvalue weighted by Crippen LogP contribution is 2.23. The Morgan fingerprint density at radius 3 is 2.52 bits per heavy atom. The average Bonchev–Trinajstić information content (AvgIpc) is 2.44. The Kier molecular flexibility index (Phi) is 5.40. The number of hydrogen-bond acceptors (Lipinski definition) is 2. The van der Waals surface area contributed by atoms with Gasteiger partial charge in [-0.15, -0.1) is 0 Å². The summed E-state index contributed by atoms with van der Waals surface area (Å²) in [4.78, 5) is 0. The maximum atomic E-state index is 10.4. The predicted molar refractivity (Wildman–Crippen MR) is 86.7 cm³/mol. The van der Waals surface area contributed by atoms with Crippen molar-refractivity contribution in [3.63, 3.8) is 0 Å². The Bertz CT molecular complexity index is 575. The molecule has 1 unspecified atom stereocenters. The molecular weight excluding hydrogens is 260 g/mol. The summed E-state index contributed by atoms with van der Waals surface area (Å²) in [5.41, 5.74) is 3.44. The second-order valence-corrected chi connectivity index (χ2v) is 5.78. The van der Waals surface area contributed by atoms with E-state index in [2.05, 4.69) is 31.2 Å². The van der Waals surface area contributed by atoms with Gasteiger partial charge in [0.1, 0.15) is 5.75 Å². The summed E-state index contributed by atoms with van der Waals surface area (Å²) in [5.74, 6) is 0.817. The van der Waals surface area contributed by atoms with E-state index in [4.69, 9.17) is 4.74 Å². The number of ether oxygens (including phenoxy) is 1. The van der Waals surface area contributed by atoms with Crippen LogP contribution in [0.25, 0.3) is 0 Å². The van der Waals surface area contributed by atoms with Crippen LogP contribution in [0.3, 0.4) is 0 Å². The van der Waals surface area contributed by atoms with Crippen molar-refractivity contribution < 1.29 is 9.84 Å². The number of benzene rings is 2. The van der Waals surface area contributed by atoms with Crippen molar-refractivity contribution in [2.45, 2.75) is 45.8 Å². The third-order valence-electron chi connectivity index (χ3n) is 3.40. The van der Waals surface area contributed by atoms with Gasteiger partial charge in [0.25, 0.3) is 0 Å². The van der Waals surface area contributed by atoms with Crippen LogP contribution in [-0.2, 0) is 6.42 Å². The Morgan fingerprint density at radius 2 is 1.81 bits per heavy atom. The largest absolute Gasteiger partial charge is 0.491 e. The molecule has 0 aliphatic rings. The fourth-order valence-electron chi connectivity index (χ4n) is 2.40. The van der Waals surface area contributed by atoms with Crippen LogP contribution in [0.2, 0.25) is 0 Å². The van der Waals surface area contributed by atoms with E-state index in [9.17, 15) is 5.11 Å². The summed E-state index contributed by atoms with van der Waals surface area (Å²) in [6.45, 7) is 6.09. The molecule has 0 amide bonds. The summed E-state index contributed by atoms with van der Waals surface area (Å²) in [7, 11) is 0. The van der Waals surface area contributed by atoms with Crippen molar-refractivity contribution in [3.05, 3.63) is 65.2 Å². The van der Waals surface area contributed by atoms with E-state index in [-0.39, 0.29) is 6.10 Å². The average molecular weight is 284 g/mol. The monoisotopic (exact) mass is 284 g/mol. The van der Waals surface area contributed by atoms with Gasteiger partial charge in [0, 0.05) is 0 Å². The van der Waals surface area contributed by atoms with E-state index in [0.717, 1.165) is 17.7 Å². The lowest BCUT2D eigenvalue weighted by Gasteiger charge is -2.14. The summed E-state index contributed by atoms with van der Waals surface area (Å²) in [6.07, 6.45) is 1.28. The molecule has 2 aromatic rings. The summed E-state index contributed by atoms with van der Waals surface area (Å²) < 4.78 is 5.67. The highest BCUT2D eigenvalue weighted by atomic mass is 16.5. The lowest BCUT2D eigenvalue weighted by atomic mass is 10.0. The number of aliphatic hydroxyl groups is 1. The van der Waals surface area contributed by atoms with Crippen molar-refractivity contribution in [1.29, 1.82) is 0 Å². The number of hydrogen-bond donors (Lipinski definition) is 1. The van der Waals surface area contributed by atoms with Crippen LogP contribution in [-0.4, -0.2) is 11.2 Å². The second-order valence-electron chi connectivity index (χ2n) is 5.78.